The highest BCUT2D eigenvalue weighted by Crippen LogP contribution is 2.43. The van der Waals surface area contributed by atoms with Crippen molar-refractivity contribution in [3.8, 4) is 11.3 Å². The lowest BCUT2D eigenvalue weighted by atomic mass is 10.2. The Kier molecular flexibility index (Phi) is 3.27. The van der Waals surface area contributed by atoms with Crippen molar-refractivity contribution < 1.29 is 0 Å². The first-order valence-corrected chi connectivity index (χ1v) is 9.44. The van der Waals surface area contributed by atoms with Gasteiger partial charge in [0.1, 0.15) is 11.0 Å². The number of fused-ring (bicyclic) bond motifs is 3. The molecule has 1 aliphatic heterocycles. The maximum Gasteiger partial charge on any atom is 0.243 e. The zero-order valence-corrected chi connectivity index (χ0v) is 15.3. The molecule has 0 bridgehead atoms. The number of piperidine rings is 1. The first-order valence-electron chi connectivity index (χ1n) is 9.44. The highest BCUT2D eigenvalue weighted by atomic mass is 15.3. The molecule has 5 heterocycles. The Labute approximate surface area is 160 Å². The van der Waals surface area contributed by atoms with Crippen LogP contribution in [-0.2, 0) is 0 Å². The van der Waals surface area contributed by atoms with Crippen LogP contribution in [0.5, 0.6) is 0 Å². The number of aromatic nitrogens is 6. The van der Waals surface area contributed by atoms with Gasteiger partial charge in [-0.05, 0) is 30.0 Å². The van der Waals surface area contributed by atoms with Crippen LogP contribution in [0.1, 0.15) is 0 Å². The second-order valence-electron chi connectivity index (χ2n) is 7.31. The third-order valence-corrected chi connectivity index (χ3v) is 5.74. The summed E-state index contributed by atoms with van der Waals surface area (Å²) in [6, 6.07) is 6.37. The summed E-state index contributed by atoms with van der Waals surface area (Å²) in [6.45, 7) is 2.15. The second-order valence-corrected chi connectivity index (χ2v) is 7.31. The zero-order chi connectivity index (χ0) is 18.7. The summed E-state index contributed by atoms with van der Waals surface area (Å²) >= 11 is 0. The van der Waals surface area contributed by atoms with Gasteiger partial charge in [-0.2, -0.15) is 4.98 Å². The van der Waals surface area contributed by atoms with Crippen molar-refractivity contribution in [1.29, 1.82) is 0 Å². The van der Waals surface area contributed by atoms with E-state index in [0.29, 0.717) is 29.5 Å². The van der Waals surface area contributed by atoms with Crippen molar-refractivity contribution in [3.63, 3.8) is 0 Å². The Balaban J connectivity index is 1.41. The minimum Gasteiger partial charge on any atom is -0.371 e. The fraction of sp³-hybridized carbons (Fsp3) is 0.316. The number of anilines is 2. The van der Waals surface area contributed by atoms with Gasteiger partial charge < -0.3 is 16.0 Å². The highest BCUT2D eigenvalue weighted by molar-refractivity contribution is 5.89. The molecule has 0 aromatic carbocycles. The van der Waals surface area contributed by atoms with Gasteiger partial charge in [-0.25, -0.2) is 14.5 Å². The molecule has 0 radical (unpaired) electrons. The molecule has 0 amide bonds. The Morgan fingerprint density at radius 3 is 2.79 bits per heavy atom. The number of nitrogens with one attached hydrogen (secondary N) is 3. The van der Waals surface area contributed by atoms with Crippen LogP contribution in [0.25, 0.3) is 27.9 Å². The van der Waals surface area contributed by atoms with Crippen molar-refractivity contribution in [2.24, 2.45) is 11.8 Å². The summed E-state index contributed by atoms with van der Waals surface area (Å²) in [5.41, 5.74) is 4.06. The maximum atomic E-state index is 4.72. The fourth-order valence-corrected chi connectivity index (χ4v) is 4.25. The Bertz CT molecular complexity index is 1190. The summed E-state index contributed by atoms with van der Waals surface area (Å²) in [5.74, 6) is 2.80. The summed E-state index contributed by atoms with van der Waals surface area (Å²) in [7, 11) is 1.87. The second kappa shape index (κ2) is 5.83. The van der Waals surface area contributed by atoms with E-state index in [2.05, 4.69) is 36.0 Å². The smallest absolute Gasteiger partial charge is 0.243 e. The van der Waals surface area contributed by atoms with Crippen LogP contribution in [0, 0.1) is 11.8 Å². The molecule has 3 N–H and O–H groups in total. The third kappa shape index (κ3) is 2.32. The van der Waals surface area contributed by atoms with E-state index in [-0.39, 0.29) is 0 Å². The highest BCUT2D eigenvalue weighted by Gasteiger charge is 2.53. The van der Waals surface area contributed by atoms with Crippen LogP contribution in [-0.4, -0.2) is 55.7 Å². The van der Waals surface area contributed by atoms with Gasteiger partial charge in [-0.15, -0.1) is 5.10 Å². The Morgan fingerprint density at radius 2 is 1.93 bits per heavy atom. The molecule has 9 heteroatoms. The van der Waals surface area contributed by atoms with Crippen molar-refractivity contribution >= 4 is 28.4 Å². The van der Waals surface area contributed by atoms with Crippen molar-refractivity contribution in [2.45, 2.75) is 6.04 Å². The minimum atomic E-state index is 0.471. The normalized spacial score (nSPS) is 23.1. The average molecular weight is 373 g/mol. The number of hydrogen-bond donors (Lipinski definition) is 3. The summed E-state index contributed by atoms with van der Waals surface area (Å²) in [6.07, 6.45) is 5.26. The van der Waals surface area contributed by atoms with Gasteiger partial charge in [0.2, 0.25) is 5.95 Å². The lowest BCUT2D eigenvalue weighted by molar-refractivity contribution is 0.691. The summed E-state index contributed by atoms with van der Waals surface area (Å²) in [5, 5.41) is 14.8. The molecule has 1 saturated heterocycles. The third-order valence-electron chi connectivity index (χ3n) is 5.74. The van der Waals surface area contributed by atoms with E-state index in [9.17, 15) is 0 Å². The zero-order valence-electron chi connectivity index (χ0n) is 15.3. The van der Waals surface area contributed by atoms with Crippen LogP contribution >= 0.6 is 0 Å². The van der Waals surface area contributed by atoms with Crippen LogP contribution < -0.4 is 16.0 Å². The van der Waals surface area contributed by atoms with Gasteiger partial charge in [0.25, 0.3) is 0 Å². The largest absolute Gasteiger partial charge is 0.371 e. The average Bonchev–Trinajstić information content (AvgIpc) is 3.09. The van der Waals surface area contributed by atoms with Gasteiger partial charge in [-0.1, -0.05) is 0 Å². The number of nitrogens with zero attached hydrogens (tertiary/aromatic N) is 6. The van der Waals surface area contributed by atoms with Gasteiger partial charge in [0.15, 0.2) is 11.5 Å². The first-order chi connectivity index (χ1) is 13.8. The fourth-order valence-electron chi connectivity index (χ4n) is 4.25. The number of rotatable bonds is 4. The molecule has 2 fully saturated rings. The van der Waals surface area contributed by atoms with E-state index in [1.54, 1.807) is 12.4 Å². The van der Waals surface area contributed by atoms with Gasteiger partial charge in [0.05, 0.1) is 5.69 Å². The van der Waals surface area contributed by atoms with Crippen LogP contribution in [0.2, 0.25) is 0 Å². The minimum absolute atomic E-state index is 0.471. The molecule has 6 rings (SSSR count). The molecule has 1 aliphatic carbocycles. The van der Waals surface area contributed by atoms with E-state index in [1.807, 2.05) is 36.0 Å². The van der Waals surface area contributed by atoms with E-state index in [0.717, 1.165) is 41.2 Å². The predicted molar refractivity (Wildman–Crippen MR) is 106 cm³/mol. The number of hydrogen-bond acceptors (Lipinski definition) is 8. The van der Waals surface area contributed by atoms with E-state index < -0.39 is 0 Å². The molecule has 4 aromatic rings. The topological polar surface area (TPSA) is 105 Å². The van der Waals surface area contributed by atoms with Crippen LogP contribution in [0.4, 0.5) is 11.8 Å². The standard InChI is InChI=1S/C19H19N9/c1-20-18-16-10(13-2-3-14-17(24-13)23-6-5-22-14)4-7-28(16)27-19(26-18)25-15-11-8-21-9-12(11)15/h2-7,11-12,15,21H,8-9H2,1H3,(H2,20,25,26,27)/t11-,12+,15?. The molecular formula is C19H19N9. The quantitative estimate of drug-likeness (QED) is 0.493. The van der Waals surface area contributed by atoms with Crippen molar-refractivity contribution in [3.05, 3.63) is 36.8 Å². The van der Waals surface area contributed by atoms with E-state index >= 15 is 0 Å². The molecule has 1 saturated carbocycles. The van der Waals surface area contributed by atoms with Gasteiger partial charge in [-0.3, -0.25) is 4.98 Å². The van der Waals surface area contributed by atoms with E-state index in [1.165, 1.54) is 0 Å². The lowest BCUT2D eigenvalue weighted by Gasteiger charge is -2.11. The van der Waals surface area contributed by atoms with Crippen molar-refractivity contribution in [2.75, 3.05) is 30.8 Å². The maximum absolute atomic E-state index is 4.72. The first kappa shape index (κ1) is 15.7. The van der Waals surface area contributed by atoms with Crippen molar-refractivity contribution in [1.82, 2.24) is 34.9 Å². The molecule has 28 heavy (non-hydrogen) atoms. The van der Waals surface area contributed by atoms with Crippen LogP contribution in [0.15, 0.2) is 36.8 Å². The molecule has 140 valence electrons. The molecule has 4 aromatic heterocycles. The SMILES string of the molecule is CNc1nc(NC2[C@H]3CNC[C@@H]23)nn2ccc(-c3ccc4nccnc4n3)c12. The predicted octanol–water partition coefficient (Wildman–Crippen LogP) is 1.41. The molecule has 0 spiro atoms. The van der Waals surface area contributed by atoms with E-state index in [4.69, 9.17) is 4.98 Å². The van der Waals surface area contributed by atoms with Gasteiger partial charge in [0, 0.05) is 50.3 Å². The Morgan fingerprint density at radius 1 is 1.07 bits per heavy atom. The van der Waals surface area contributed by atoms with Crippen LogP contribution in [0.3, 0.4) is 0 Å². The van der Waals surface area contributed by atoms with Gasteiger partial charge >= 0.3 is 0 Å². The summed E-state index contributed by atoms with van der Waals surface area (Å²) in [4.78, 5) is 18.0. The molecule has 9 nitrogen and oxygen atoms in total. The monoisotopic (exact) mass is 373 g/mol. The Hall–Kier alpha value is -3.33. The molecular weight excluding hydrogens is 354 g/mol. The number of pyridine rings is 1. The molecule has 3 atom stereocenters. The lowest BCUT2D eigenvalue weighted by Crippen LogP contribution is -2.22. The molecule has 1 unspecified atom stereocenters. The summed E-state index contributed by atoms with van der Waals surface area (Å²) < 4.78 is 1.86. The molecule has 2 aliphatic rings.